The van der Waals surface area contributed by atoms with Gasteiger partial charge in [-0.05, 0) is 43.4 Å². The van der Waals surface area contributed by atoms with Gasteiger partial charge in [0, 0.05) is 18.7 Å². The Hall–Kier alpha value is -1.44. The molecular weight excluding hydrogens is 292 g/mol. The number of nitrogens with zero attached hydrogens (tertiary/aromatic N) is 1. The molecule has 0 aromatic heterocycles. The predicted octanol–water partition coefficient (Wildman–Crippen LogP) is 0.239. The number of hydrogen-bond acceptors (Lipinski definition) is 4. The number of hydrogen-bond donors (Lipinski definition) is 2. The Labute approximate surface area is 123 Å². The number of sulfonamides is 1. The fourth-order valence-corrected chi connectivity index (χ4v) is 4.38. The molecule has 114 valence electrons. The number of aryl methyl sites for hydroxylation is 1. The maximum atomic E-state index is 12.5. The van der Waals surface area contributed by atoms with Crippen LogP contribution in [-0.2, 0) is 10.0 Å². The SMILES string of the molecule is Cc1ccc(S(=O)(=O)N2CC(O)(C3CC3)C2)cc1C(N)=O. The van der Waals surface area contributed by atoms with Gasteiger partial charge in [0.1, 0.15) is 0 Å². The van der Waals surface area contributed by atoms with Crippen LogP contribution in [0.2, 0.25) is 0 Å². The monoisotopic (exact) mass is 310 g/mol. The molecule has 0 spiro atoms. The third-order valence-corrected chi connectivity index (χ3v) is 6.14. The highest BCUT2D eigenvalue weighted by Crippen LogP contribution is 2.45. The highest BCUT2D eigenvalue weighted by Gasteiger charge is 2.55. The molecule has 1 saturated heterocycles. The Bertz CT molecular complexity index is 704. The molecule has 2 fully saturated rings. The van der Waals surface area contributed by atoms with E-state index in [2.05, 4.69) is 0 Å². The molecule has 0 unspecified atom stereocenters. The van der Waals surface area contributed by atoms with E-state index in [1.807, 2.05) is 0 Å². The zero-order chi connectivity index (χ0) is 15.4. The fourth-order valence-electron chi connectivity index (χ4n) is 2.79. The van der Waals surface area contributed by atoms with Crippen LogP contribution in [0.5, 0.6) is 0 Å². The molecule has 1 saturated carbocycles. The van der Waals surface area contributed by atoms with Crippen LogP contribution in [0.3, 0.4) is 0 Å². The fraction of sp³-hybridized carbons (Fsp3) is 0.500. The molecular formula is C14H18N2O4S. The average Bonchev–Trinajstić information content (AvgIpc) is 3.19. The maximum Gasteiger partial charge on any atom is 0.249 e. The van der Waals surface area contributed by atoms with Crippen LogP contribution in [0.1, 0.15) is 28.8 Å². The summed E-state index contributed by atoms with van der Waals surface area (Å²) in [5.41, 5.74) is 5.22. The van der Waals surface area contributed by atoms with Crippen molar-refractivity contribution < 1.29 is 18.3 Å². The zero-order valence-corrected chi connectivity index (χ0v) is 12.6. The van der Waals surface area contributed by atoms with Crippen LogP contribution in [-0.4, -0.2) is 42.4 Å². The number of β-amino-alcohol motifs (C(OH)–C–C–N with tert-alkyl or cyclic N) is 1. The average molecular weight is 310 g/mol. The second-order valence-corrected chi connectivity index (χ2v) is 7.93. The normalized spacial score (nSPS) is 21.8. The van der Waals surface area contributed by atoms with Gasteiger partial charge in [-0.25, -0.2) is 8.42 Å². The molecule has 0 bridgehead atoms. The van der Waals surface area contributed by atoms with Crippen molar-refractivity contribution >= 4 is 15.9 Å². The van der Waals surface area contributed by atoms with E-state index in [1.54, 1.807) is 13.0 Å². The summed E-state index contributed by atoms with van der Waals surface area (Å²) >= 11 is 0. The van der Waals surface area contributed by atoms with E-state index in [-0.39, 0.29) is 29.5 Å². The first kappa shape index (κ1) is 14.5. The number of carbonyl (C=O) groups is 1. The van der Waals surface area contributed by atoms with Gasteiger partial charge in [-0.2, -0.15) is 4.31 Å². The Morgan fingerprint density at radius 2 is 2.00 bits per heavy atom. The minimum Gasteiger partial charge on any atom is -0.387 e. The highest BCUT2D eigenvalue weighted by molar-refractivity contribution is 7.89. The van der Waals surface area contributed by atoms with Gasteiger partial charge in [0.15, 0.2) is 0 Å². The topological polar surface area (TPSA) is 101 Å². The summed E-state index contributed by atoms with van der Waals surface area (Å²) < 4.78 is 26.2. The van der Waals surface area contributed by atoms with Gasteiger partial charge < -0.3 is 10.8 Å². The molecule has 0 radical (unpaired) electrons. The van der Waals surface area contributed by atoms with Gasteiger partial charge in [-0.3, -0.25) is 4.79 Å². The van der Waals surface area contributed by atoms with Crippen LogP contribution in [0.15, 0.2) is 23.1 Å². The smallest absolute Gasteiger partial charge is 0.249 e. The van der Waals surface area contributed by atoms with Crippen LogP contribution in [0.4, 0.5) is 0 Å². The van der Waals surface area contributed by atoms with E-state index in [1.165, 1.54) is 16.4 Å². The summed E-state index contributed by atoms with van der Waals surface area (Å²) in [6.45, 7) is 1.95. The third-order valence-electron chi connectivity index (χ3n) is 4.35. The molecule has 3 rings (SSSR count). The van der Waals surface area contributed by atoms with E-state index in [9.17, 15) is 18.3 Å². The molecule has 1 aromatic carbocycles. The maximum absolute atomic E-state index is 12.5. The quantitative estimate of drug-likeness (QED) is 0.832. The molecule has 6 nitrogen and oxygen atoms in total. The van der Waals surface area contributed by atoms with Crippen molar-refractivity contribution in [1.29, 1.82) is 0 Å². The van der Waals surface area contributed by atoms with Gasteiger partial charge in [0.2, 0.25) is 15.9 Å². The summed E-state index contributed by atoms with van der Waals surface area (Å²) in [6.07, 6.45) is 1.92. The lowest BCUT2D eigenvalue weighted by molar-refractivity contribution is -0.0764. The molecule has 1 heterocycles. The molecule has 7 heteroatoms. The van der Waals surface area contributed by atoms with E-state index < -0.39 is 21.5 Å². The summed E-state index contributed by atoms with van der Waals surface area (Å²) in [5.74, 6) is -0.425. The highest BCUT2D eigenvalue weighted by atomic mass is 32.2. The second kappa shape index (κ2) is 4.53. The molecule has 3 N–H and O–H groups in total. The first-order valence-corrected chi connectivity index (χ1v) is 8.31. The van der Waals surface area contributed by atoms with E-state index in [4.69, 9.17) is 5.73 Å². The Morgan fingerprint density at radius 1 is 1.38 bits per heavy atom. The van der Waals surface area contributed by atoms with Gasteiger partial charge in [-0.15, -0.1) is 0 Å². The number of aliphatic hydroxyl groups is 1. The van der Waals surface area contributed by atoms with Crippen molar-refractivity contribution in [2.24, 2.45) is 11.7 Å². The third kappa shape index (κ3) is 2.35. The van der Waals surface area contributed by atoms with Gasteiger partial charge in [-0.1, -0.05) is 6.07 Å². The van der Waals surface area contributed by atoms with Crippen molar-refractivity contribution in [1.82, 2.24) is 4.31 Å². The van der Waals surface area contributed by atoms with Crippen LogP contribution < -0.4 is 5.73 Å². The van der Waals surface area contributed by atoms with Crippen LogP contribution in [0.25, 0.3) is 0 Å². The number of nitrogens with two attached hydrogens (primary N) is 1. The molecule has 1 aliphatic heterocycles. The number of benzene rings is 1. The summed E-state index contributed by atoms with van der Waals surface area (Å²) in [5, 5.41) is 10.2. The van der Waals surface area contributed by atoms with Crippen molar-refractivity contribution in [3.8, 4) is 0 Å². The lowest BCUT2D eigenvalue weighted by Crippen LogP contribution is -2.64. The van der Waals surface area contributed by atoms with Crippen molar-refractivity contribution in [2.45, 2.75) is 30.3 Å². The van der Waals surface area contributed by atoms with E-state index in [0.29, 0.717) is 5.56 Å². The zero-order valence-electron chi connectivity index (χ0n) is 11.7. The summed E-state index contributed by atoms with van der Waals surface area (Å²) in [6, 6.07) is 4.34. The minimum atomic E-state index is -3.69. The standard InChI is InChI=1S/C14H18N2O4S/c1-9-2-5-11(6-12(9)13(15)17)21(19,20)16-7-14(18,8-16)10-3-4-10/h2,5-6,10,18H,3-4,7-8H2,1H3,(H2,15,17). The molecule has 1 aliphatic carbocycles. The first-order chi connectivity index (χ1) is 9.74. The van der Waals surface area contributed by atoms with Gasteiger partial charge >= 0.3 is 0 Å². The summed E-state index contributed by atoms with van der Waals surface area (Å²) in [4.78, 5) is 11.4. The Balaban J connectivity index is 1.86. The van der Waals surface area contributed by atoms with Gasteiger partial charge in [0.25, 0.3) is 0 Å². The molecule has 1 amide bonds. The van der Waals surface area contributed by atoms with Crippen molar-refractivity contribution in [2.75, 3.05) is 13.1 Å². The van der Waals surface area contributed by atoms with Crippen molar-refractivity contribution in [3.63, 3.8) is 0 Å². The van der Waals surface area contributed by atoms with E-state index >= 15 is 0 Å². The lowest BCUT2D eigenvalue weighted by Gasteiger charge is -2.45. The summed E-state index contributed by atoms with van der Waals surface area (Å²) in [7, 11) is -3.69. The lowest BCUT2D eigenvalue weighted by atomic mass is 9.91. The second-order valence-electron chi connectivity index (χ2n) is 5.99. The van der Waals surface area contributed by atoms with Crippen LogP contribution in [0, 0.1) is 12.8 Å². The number of primary amides is 1. The number of rotatable bonds is 4. The Kier molecular flexibility index (Phi) is 3.12. The molecule has 21 heavy (non-hydrogen) atoms. The number of carbonyl (C=O) groups excluding carboxylic acids is 1. The largest absolute Gasteiger partial charge is 0.387 e. The number of amides is 1. The van der Waals surface area contributed by atoms with E-state index in [0.717, 1.165) is 12.8 Å². The predicted molar refractivity (Wildman–Crippen MR) is 76.1 cm³/mol. The van der Waals surface area contributed by atoms with Gasteiger partial charge in [0.05, 0.1) is 10.5 Å². The minimum absolute atomic E-state index is 0.0414. The molecule has 2 aliphatic rings. The van der Waals surface area contributed by atoms with Crippen molar-refractivity contribution in [3.05, 3.63) is 29.3 Å². The first-order valence-electron chi connectivity index (χ1n) is 6.87. The van der Waals surface area contributed by atoms with Crippen LogP contribution >= 0.6 is 0 Å². The molecule has 0 atom stereocenters. The Morgan fingerprint density at radius 3 is 2.52 bits per heavy atom. The molecule has 1 aromatic rings.